The fourth-order valence-corrected chi connectivity index (χ4v) is 2.05. The van der Waals surface area contributed by atoms with E-state index in [1.165, 1.54) is 0 Å². The molecule has 0 saturated carbocycles. The van der Waals surface area contributed by atoms with Gasteiger partial charge in [0.2, 0.25) is 0 Å². The molecule has 0 aromatic heterocycles. The largest absolute Gasteiger partial charge is 0.493 e. The van der Waals surface area contributed by atoms with Crippen molar-refractivity contribution < 1.29 is 14.3 Å². The van der Waals surface area contributed by atoms with Gasteiger partial charge in [-0.3, -0.25) is 4.79 Å². The predicted molar refractivity (Wildman–Crippen MR) is 74.7 cm³/mol. The summed E-state index contributed by atoms with van der Waals surface area (Å²) >= 11 is 3.39. The lowest BCUT2D eigenvalue weighted by Gasteiger charge is -2.15. The van der Waals surface area contributed by atoms with Crippen molar-refractivity contribution in [2.45, 2.75) is 20.0 Å². The minimum absolute atomic E-state index is 0.00114. The number of carbonyl (C=O) groups excluding carboxylic acids is 1. The molecule has 1 aromatic rings. The number of carbonyl (C=O) groups is 1. The molecule has 0 radical (unpaired) electrons. The Kier molecular flexibility index (Phi) is 5.62. The Hall–Kier alpha value is -1.07. The maximum atomic E-state index is 11.9. The van der Waals surface area contributed by atoms with E-state index in [0.717, 1.165) is 0 Å². The number of benzene rings is 1. The van der Waals surface area contributed by atoms with Crippen molar-refractivity contribution in [3.63, 3.8) is 0 Å². The number of ketones is 1. The highest BCUT2D eigenvalue weighted by Crippen LogP contribution is 2.34. The molecule has 0 saturated heterocycles. The maximum Gasteiger partial charge on any atom is 0.177 e. The number of nitrogens with one attached hydrogen (secondary N) is 1. The third kappa shape index (κ3) is 3.71. The second-order valence-corrected chi connectivity index (χ2v) is 4.96. The van der Waals surface area contributed by atoms with Crippen LogP contribution >= 0.6 is 15.9 Å². The summed E-state index contributed by atoms with van der Waals surface area (Å²) in [5.41, 5.74) is 0.581. The summed E-state index contributed by atoms with van der Waals surface area (Å²) in [6.07, 6.45) is 0.0460. The molecule has 0 aliphatic rings. The SMILES string of the molecule is CNCC(=O)c1cc(OC)c(OC(C)C)cc1Br. The molecule has 100 valence electrons. The van der Waals surface area contributed by atoms with Gasteiger partial charge in [-0.15, -0.1) is 0 Å². The van der Waals surface area contributed by atoms with Crippen molar-refractivity contribution in [3.05, 3.63) is 22.2 Å². The quantitative estimate of drug-likeness (QED) is 0.820. The summed E-state index contributed by atoms with van der Waals surface area (Å²) in [5.74, 6) is 1.19. The van der Waals surface area contributed by atoms with E-state index >= 15 is 0 Å². The summed E-state index contributed by atoms with van der Waals surface area (Å²) in [6.45, 7) is 4.16. The highest BCUT2D eigenvalue weighted by atomic mass is 79.9. The van der Waals surface area contributed by atoms with Crippen molar-refractivity contribution in [2.75, 3.05) is 20.7 Å². The Balaban J connectivity index is 3.13. The van der Waals surface area contributed by atoms with Gasteiger partial charge in [0.15, 0.2) is 17.3 Å². The van der Waals surface area contributed by atoms with Gasteiger partial charge in [-0.05, 0) is 49.0 Å². The molecule has 1 N–H and O–H groups in total. The van der Waals surface area contributed by atoms with Gasteiger partial charge < -0.3 is 14.8 Å². The van der Waals surface area contributed by atoms with Gasteiger partial charge in [0.25, 0.3) is 0 Å². The number of hydrogen-bond acceptors (Lipinski definition) is 4. The Morgan fingerprint density at radius 1 is 1.39 bits per heavy atom. The molecule has 1 rings (SSSR count). The number of likely N-dealkylation sites (N-methyl/N-ethyl adjacent to an activating group) is 1. The average molecular weight is 316 g/mol. The molecule has 0 spiro atoms. The van der Waals surface area contributed by atoms with Crippen LogP contribution in [0.5, 0.6) is 11.5 Å². The van der Waals surface area contributed by atoms with Crippen LogP contribution in [0.3, 0.4) is 0 Å². The zero-order valence-electron chi connectivity index (χ0n) is 11.0. The van der Waals surface area contributed by atoms with Crippen LogP contribution in [0.4, 0.5) is 0 Å². The van der Waals surface area contributed by atoms with Gasteiger partial charge in [0.1, 0.15) is 0 Å². The van der Waals surface area contributed by atoms with Gasteiger partial charge in [0, 0.05) is 10.0 Å². The van der Waals surface area contributed by atoms with Gasteiger partial charge >= 0.3 is 0 Å². The average Bonchev–Trinajstić information content (AvgIpc) is 2.28. The smallest absolute Gasteiger partial charge is 0.177 e. The minimum Gasteiger partial charge on any atom is -0.493 e. The maximum absolute atomic E-state index is 11.9. The molecule has 0 bridgehead atoms. The van der Waals surface area contributed by atoms with Crippen molar-refractivity contribution in [3.8, 4) is 11.5 Å². The van der Waals surface area contributed by atoms with E-state index in [1.807, 2.05) is 13.8 Å². The fraction of sp³-hybridized carbons (Fsp3) is 0.462. The Morgan fingerprint density at radius 2 is 2.06 bits per heavy atom. The zero-order chi connectivity index (χ0) is 13.7. The first-order valence-electron chi connectivity index (χ1n) is 5.71. The number of methoxy groups -OCH3 is 1. The summed E-state index contributed by atoms with van der Waals surface area (Å²) in [5, 5.41) is 2.84. The summed E-state index contributed by atoms with van der Waals surface area (Å²) in [7, 11) is 3.29. The van der Waals surface area contributed by atoms with Gasteiger partial charge in [-0.2, -0.15) is 0 Å². The van der Waals surface area contributed by atoms with E-state index in [2.05, 4.69) is 21.2 Å². The highest BCUT2D eigenvalue weighted by molar-refractivity contribution is 9.10. The molecule has 18 heavy (non-hydrogen) atoms. The minimum atomic E-state index is -0.00114. The Labute approximate surface area is 116 Å². The van der Waals surface area contributed by atoms with Crippen LogP contribution in [0, 0.1) is 0 Å². The molecular weight excluding hydrogens is 298 g/mol. The van der Waals surface area contributed by atoms with Gasteiger partial charge in [-0.25, -0.2) is 0 Å². The monoisotopic (exact) mass is 315 g/mol. The van der Waals surface area contributed by atoms with Crippen LogP contribution in [0.15, 0.2) is 16.6 Å². The molecule has 0 amide bonds. The van der Waals surface area contributed by atoms with Crippen molar-refractivity contribution in [1.29, 1.82) is 0 Å². The first kappa shape index (κ1) is 15.0. The summed E-state index contributed by atoms with van der Waals surface area (Å²) in [4.78, 5) is 11.9. The lowest BCUT2D eigenvalue weighted by Crippen LogP contribution is -2.19. The number of ether oxygens (including phenoxy) is 2. The standard InChI is InChI=1S/C13H18BrNO3/c1-8(2)18-13-6-10(14)9(5-12(13)17-4)11(16)7-15-3/h5-6,8,15H,7H2,1-4H3. The van der Waals surface area contributed by atoms with Crippen LogP contribution in [0.25, 0.3) is 0 Å². The van der Waals surface area contributed by atoms with Crippen molar-refractivity contribution >= 4 is 21.7 Å². The Bertz CT molecular complexity index is 432. The van der Waals surface area contributed by atoms with E-state index in [4.69, 9.17) is 9.47 Å². The number of hydrogen-bond donors (Lipinski definition) is 1. The second kappa shape index (κ2) is 6.75. The highest BCUT2D eigenvalue weighted by Gasteiger charge is 2.15. The van der Waals surface area contributed by atoms with E-state index < -0.39 is 0 Å². The number of rotatable bonds is 6. The molecule has 5 heteroatoms. The predicted octanol–water partition coefficient (Wildman–Crippen LogP) is 2.65. The first-order valence-corrected chi connectivity index (χ1v) is 6.50. The molecule has 0 heterocycles. The fourth-order valence-electron chi connectivity index (χ4n) is 1.51. The molecule has 0 fully saturated rings. The van der Waals surface area contributed by atoms with E-state index in [9.17, 15) is 4.79 Å². The Morgan fingerprint density at radius 3 is 2.56 bits per heavy atom. The third-order valence-corrected chi connectivity index (χ3v) is 2.91. The number of halogens is 1. The molecule has 4 nitrogen and oxygen atoms in total. The lowest BCUT2D eigenvalue weighted by molar-refractivity contribution is 0.0992. The molecule has 1 aromatic carbocycles. The van der Waals surface area contributed by atoms with Crippen LogP contribution in [-0.4, -0.2) is 32.6 Å². The molecule has 0 unspecified atom stereocenters. The summed E-state index contributed by atoms with van der Waals surface area (Å²) in [6, 6.07) is 3.46. The molecule has 0 aliphatic carbocycles. The molecule has 0 aliphatic heterocycles. The van der Waals surface area contributed by atoms with Crippen LogP contribution in [-0.2, 0) is 0 Å². The lowest BCUT2D eigenvalue weighted by atomic mass is 10.1. The van der Waals surface area contributed by atoms with Gasteiger partial charge in [-0.1, -0.05) is 0 Å². The normalized spacial score (nSPS) is 10.6. The number of Topliss-reactive ketones (excluding diaryl/α,β-unsaturated/α-hetero) is 1. The second-order valence-electron chi connectivity index (χ2n) is 4.10. The first-order chi connectivity index (χ1) is 8.49. The van der Waals surface area contributed by atoms with Crippen molar-refractivity contribution in [2.24, 2.45) is 0 Å². The van der Waals surface area contributed by atoms with E-state index in [1.54, 1.807) is 26.3 Å². The molecular formula is C13H18BrNO3. The van der Waals surface area contributed by atoms with Crippen LogP contribution < -0.4 is 14.8 Å². The zero-order valence-corrected chi connectivity index (χ0v) is 12.6. The van der Waals surface area contributed by atoms with Crippen LogP contribution in [0.1, 0.15) is 24.2 Å². The van der Waals surface area contributed by atoms with Crippen molar-refractivity contribution in [1.82, 2.24) is 5.32 Å². The molecule has 0 atom stereocenters. The van der Waals surface area contributed by atoms with Crippen LogP contribution in [0.2, 0.25) is 0 Å². The van der Waals surface area contributed by atoms with Gasteiger partial charge in [0.05, 0.1) is 19.8 Å². The topological polar surface area (TPSA) is 47.6 Å². The summed E-state index contributed by atoms with van der Waals surface area (Å²) < 4.78 is 11.6. The third-order valence-electron chi connectivity index (χ3n) is 2.25. The van der Waals surface area contributed by atoms with E-state index in [0.29, 0.717) is 21.5 Å². The van der Waals surface area contributed by atoms with E-state index in [-0.39, 0.29) is 18.4 Å².